The SMILES string of the molecule is CC(C)(CN)c1ccc(C(O)c2cc[nH]c2)cc1. The molecule has 0 saturated carbocycles. The summed E-state index contributed by atoms with van der Waals surface area (Å²) >= 11 is 0. The first-order chi connectivity index (χ1) is 8.54. The second kappa shape index (κ2) is 4.96. The van der Waals surface area contributed by atoms with Crippen LogP contribution in [-0.2, 0) is 5.41 Å². The average molecular weight is 244 g/mol. The molecule has 2 aromatic rings. The van der Waals surface area contributed by atoms with E-state index in [1.54, 1.807) is 0 Å². The molecular formula is C15H20N2O. The van der Waals surface area contributed by atoms with E-state index in [-0.39, 0.29) is 5.41 Å². The molecule has 0 radical (unpaired) electrons. The second-order valence-corrected chi connectivity index (χ2v) is 5.26. The first-order valence-electron chi connectivity index (χ1n) is 6.16. The number of benzene rings is 1. The molecule has 1 unspecified atom stereocenters. The van der Waals surface area contributed by atoms with Crippen LogP contribution in [0.2, 0.25) is 0 Å². The number of nitrogens with two attached hydrogens (primary N) is 1. The van der Waals surface area contributed by atoms with Gasteiger partial charge in [-0.1, -0.05) is 38.1 Å². The first kappa shape index (κ1) is 12.9. The number of hydrogen-bond acceptors (Lipinski definition) is 2. The van der Waals surface area contributed by atoms with E-state index in [0.717, 1.165) is 11.1 Å². The van der Waals surface area contributed by atoms with Crippen LogP contribution in [0.1, 0.15) is 36.6 Å². The van der Waals surface area contributed by atoms with Gasteiger partial charge in [-0.25, -0.2) is 0 Å². The molecule has 0 spiro atoms. The van der Waals surface area contributed by atoms with Crippen LogP contribution in [0.25, 0.3) is 0 Å². The van der Waals surface area contributed by atoms with E-state index < -0.39 is 6.10 Å². The maximum absolute atomic E-state index is 10.2. The highest BCUT2D eigenvalue weighted by Crippen LogP contribution is 2.26. The third-order valence-corrected chi connectivity index (χ3v) is 3.46. The van der Waals surface area contributed by atoms with Crippen LogP contribution >= 0.6 is 0 Å². The standard InChI is InChI=1S/C15H20N2O/c1-15(2,10-16)13-5-3-11(4-6-13)14(18)12-7-8-17-9-12/h3-9,14,17-18H,10,16H2,1-2H3. The van der Waals surface area contributed by atoms with Crippen molar-refractivity contribution in [3.05, 3.63) is 59.4 Å². The number of H-pyrrole nitrogens is 1. The summed E-state index contributed by atoms with van der Waals surface area (Å²) in [5.41, 5.74) is 8.69. The van der Waals surface area contributed by atoms with E-state index in [1.165, 1.54) is 5.56 Å². The molecule has 0 aliphatic heterocycles. The molecule has 2 rings (SSSR count). The summed E-state index contributed by atoms with van der Waals surface area (Å²) < 4.78 is 0. The van der Waals surface area contributed by atoms with Crippen LogP contribution in [-0.4, -0.2) is 16.6 Å². The van der Waals surface area contributed by atoms with Gasteiger partial charge in [0.1, 0.15) is 6.10 Å². The summed E-state index contributed by atoms with van der Waals surface area (Å²) in [4.78, 5) is 2.95. The Morgan fingerprint density at radius 2 is 1.83 bits per heavy atom. The van der Waals surface area contributed by atoms with Crippen molar-refractivity contribution in [2.75, 3.05) is 6.54 Å². The van der Waals surface area contributed by atoms with Crippen molar-refractivity contribution in [3.8, 4) is 0 Å². The summed E-state index contributed by atoms with van der Waals surface area (Å²) in [6.07, 6.45) is 3.04. The first-order valence-corrected chi connectivity index (χ1v) is 6.16. The third kappa shape index (κ3) is 2.47. The van der Waals surface area contributed by atoms with Crippen LogP contribution in [0.5, 0.6) is 0 Å². The lowest BCUT2D eigenvalue weighted by atomic mass is 9.84. The van der Waals surface area contributed by atoms with Gasteiger partial charge < -0.3 is 15.8 Å². The van der Waals surface area contributed by atoms with Crippen molar-refractivity contribution in [2.45, 2.75) is 25.4 Å². The van der Waals surface area contributed by atoms with Gasteiger partial charge >= 0.3 is 0 Å². The van der Waals surface area contributed by atoms with Crippen molar-refractivity contribution < 1.29 is 5.11 Å². The predicted molar refractivity (Wildman–Crippen MR) is 73.4 cm³/mol. The zero-order valence-corrected chi connectivity index (χ0v) is 10.9. The minimum absolute atomic E-state index is 0.0302. The van der Waals surface area contributed by atoms with E-state index in [0.29, 0.717) is 6.54 Å². The predicted octanol–water partition coefficient (Wildman–Crippen LogP) is 2.33. The maximum atomic E-state index is 10.2. The van der Waals surface area contributed by atoms with E-state index >= 15 is 0 Å². The van der Waals surface area contributed by atoms with Crippen molar-refractivity contribution in [1.82, 2.24) is 4.98 Å². The maximum Gasteiger partial charge on any atom is 0.105 e. The van der Waals surface area contributed by atoms with Gasteiger partial charge in [0.2, 0.25) is 0 Å². The molecule has 3 nitrogen and oxygen atoms in total. The van der Waals surface area contributed by atoms with Crippen molar-refractivity contribution in [1.29, 1.82) is 0 Å². The number of hydrogen-bond donors (Lipinski definition) is 3. The Bertz CT molecular complexity index is 486. The van der Waals surface area contributed by atoms with Crippen molar-refractivity contribution in [3.63, 3.8) is 0 Å². The Balaban J connectivity index is 2.23. The van der Waals surface area contributed by atoms with Gasteiger partial charge in [-0.05, 0) is 17.2 Å². The van der Waals surface area contributed by atoms with Gasteiger partial charge in [0.05, 0.1) is 0 Å². The smallest absolute Gasteiger partial charge is 0.105 e. The fourth-order valence-electron chi connectivity index (χ4n) is 1.93. The number of aliphatic hydroxyl groups excluding tert-OH is 1. The third-order valence-electron chi connectivity index (χ3n) is 3.46. The fourth-order valence-corrected chi connectivity index (χ4v) is 1.93. The van der Waals surface area contributed by atoms with Gasteiger partial charge in [-0.15, -0.1) is 0 Å². The van der Waals surface area contributed by atoms with Gasteiger partial charge in [0.15, 0.2) is 0 Å². The van der Waals surface area contributed by atoms with E-state index in [2.05, 4.69) is 18.8 Å². The molecule has 0 fully saturated rings. The number of aliphatic hydroxyl groups is 1. The van der Waals surface area contributed by atoms with E-state index in [9.17, 15) is 5.11 Å². The molecule has 18 heavy (non-hydrogen) atoms. The summed E-state index contributed by atoms with van der Waals surface area (Å²) in [7, 11) is 0. The second-order valence-electron chi connectivity index (χ2n) is 5.26. The van der Waals surface area contributed by atoms with Crippen LogP contribution < -0.4 is 5.73 Å². The van der Waals surface area contributed by atoms with Crippen molar-refractivity contribution >= 4 is 0 Å². The lowest BCUT2D eigenvalue weighted by Gasteiger charge is -2.23. The number of rotatable bonds is 4. The number of aromatic nitrogens is 1. The zero-order chi connectivity index (χ0) is 13.2. The zero-order valence-electron chi connectivity index (χ0n) is 10.9. The van der Waals surface area contributed by atoms with Gasteiger partial charge in [0, 0.05) is 29.9 Å². The monoisotopic (exact) mass is 244 g/mol. The van der Waals surface area contributed by atoms with Crippen molar-refractivity contribution in [2.24, 2.45) is 5.73 Å². The Hall–Kier alpha value is -1.58. The fraction of sp³-hybridized carbons (Fsp3) is 0.333. The number of aromatic amines is 1. The molecule has 0 saturated heterocycles. The van der Waals surface area contributed by atoms with Gasteiger partial charge in [-0.2, -0.15) is 0 Å². The molecule has 1 atom stereocenters. The summed E-state index contributed by atoms with van der Waals surface area (Å²) in [6, 6.07) is 9.88. The van der Waals surface area contributed by atoms with Crippen LogP contribution in [0, 0.1) is 0 Å². The quantitative estimate of drug-likeness (QED) is 0.773. The molecule has 96 valence electrons. The highest BCUT2D eigenvalue weighted by Gasteiger charge is 2.19. The highest BCUT2D eigenvalue weighted by molar-refractivity contribution is 5.33. The van der Waals surface area contributed by atoms with Gasteiger partial charge in [-0.3, -0.25) is 0 Å². The minimum atomic E-state index is -0.578. The summed E-state index contributed by atoms with van der Waals surface area (Å²) in [5.74, 6) is 0. The normalized spacial score (nSPS) is 13.6. The molecule has 1 heterocycles. The average Bonchev–Trinajstić information content (AvgIpc) is 2.92. The van der Waals surface area contributed by atoms with E-state index in [4.69, 9.17) is 5.73 Å². The molecule has 0 amide bonds. The Morgan fingerprint density at radius 3 is 2.33 bits per heavy atom. The molecule has 1 aromatic heterocycles. The Morgan fingerprint density at radius 1 is 1.17 bits per heavy atom. The van der Waals surface area contributed by atoms with Gasteiger partial charge in [0.25, 0.3) is 0 Å². The van der Waals surface area contributed by atoms with E-state index in [1.807, 2.05) is 42.7 Å². The molecule has 0 bridgehead atoms. The Labute approximate surface area is 108 Å². The largest absolute Gasteiger partial charge is 0.384 e. The lowest BCUT2D eigenvalue weighted by Crippen LogP contribution is -2.27. The molecule has 3 heteroatoms. The topological polar surface area (TPSA) is 62.0 Å². The van der Waals surface area contributed by atoms with Crippen LogP contribution in [0.3, 0.4) is 0 Å². The summed E-state index contributed by atoms with van der Waals surface area (Å²) in [6.45, 7) is 4.84. The van der Waals surface area contributed by atoms with Crippen LogP contribution in [0.4, 0.5) is 0 Å². The number of nitrogens with one attached hydrogen (secondary N) is 1. The van der Waals surface area contributed by atoms with Crippen LogP contribution in [0.15, 0.2) is 42.7 Å². The Kier molecular flexibility index (Phi) is 3.55. The lowest BCUT2D eigenvalue weighted by molar-refractivity contribution is 0.220. The molecular weight excluding hydrogens is 224 g/mol. The molecule has 0 aliphatic carbocycles. The molecule has 0 aliphatic rings. The highest BCUT2D eigenvalue weighted by atomic mass is 16.3. The molecule has 4 N–H and O–H groups in total. The molecule has 1 aromatic carbocycles. The minimum Gasteiger partial charge on any atom is -0.384 e. The summed E-state index contributed by atoms with van der Waals surface area (Å²) in [5, 5.41) is 10.2.